The highest BCUT2D eigenvalue weighted by Gasteiger charge is 2.24. The lowest BCUT2D eigenvalue weighted by atomic mass is 9.77. The van der Waals surface area contributed by atoms with Crippen LogP contribution < -0.4 is 10.1 Å². The van der Waals surface area contributed by atoms with Crippen molar-refractivity contribution in [2.75, 3.05) is 13.7 Å². The maximum absolute atomic E-state index is 5.45. The van der Waals surface area contributed by atoms with Crippen LogP contribution in [0.25, 0.3) is 0 Å². The van der Waals surface area contributed by atoms with Crippen molar-refractivity contribution in [1.29, 1.82) is 0 Å². The summed E-state index contributed by atoms with van der Waals surface area (Å²) in [6.07, 6.45) is 3.08. The molecule has 3 rings (SSSR count). The lowest BCUT2D eigenvalue weighted by molar-refractivity contribution is 0.406. The second-order valence-electron chi connectivity index (χ2n) is 5.78. The first-order chi connectivity index (χ1) is 10.2. The highest BCUT2D eigenvalue weighted by atomic mass is 16.5. The zero-order valence-electron chi connectivity index (χ0n) is 12.9. The van der Waals surface area contributed by atoms with Gasteiger partial charge in [0.05, 0.1) is 12.8 Å². The third kappa shape index (κ3) is 2.66. The molecule has 0 saturated heterocycles. The number of aryl methyl sites for hydroxylation is 1. The fraction of sp³-hybridized carbons (Fsp3) is 0.389. The molecule has 1 unspecified atom stereocenters. The number of methoxy groups -OCH3 is 1. The van der Waals surface area contributed by atoms with Gasteiger partial charge < -0.3 is 10.1 Å². The van der Waals surface area contributed by atoms with Crippen LogP contribution in [0.4, 0.5) is 0 Å². The molecule has 1 aromatic carbocycles. The average molecular weight is 282 g/mol. The Hall–Kier alpha value is -1.87. The van der Waals surface area contributed by atoms with Crippen LogP contribution in [-0.4, -0.2) is 18.6 Å². The van der Waals surface area contributed by atoms with E-state index in [1.54, 1.807) is 7.11 Å². The Morgan fingerprint density at radius 3 is 2.86 bits per heavy atom. The molecule has 1 atom stereocenters. The summed E-state index contributed by atoms with van der Waals surface area (Å²) in [5, 5.41) is 3.54. The number of hydrogen-bond acceptors (Lipinski definition) is 3. The van der Waals surface area contributed by atoms with E-state index in [9.17, 15) is 0 Å². The van der Waals surface area contributed by atoms with Crippen LogP contribution in [0.3, 0.4) is 0 Å². The van der Waals surface area contributed by atoms with Gasteiger partial charge in [0, 0.05) is 36.3 Å². The molecule has 0 radical (unpaired) electrons. The summed E-state index contributed by atoms with van der Waals surface area (Å²) in [7, 11) is 1.72. The first-order valence-corrected chi connectivity index (χ1v) is 7.48. The van der Waals surface area contributed by atoms with Crippen LogP contribution in [0.5, 0.6) is 5.75 Å². The van der Waals surface area contributed by atoms with E-state index in [4.69, 9.17) is 4.74 Å². The number of ether oxygens (including phenoxy) is 1. The van der Waals surface area contributed by atoms with Gasteiger partial charge in [0.2, 0.25) is 0 Å². The van der Waals surface area contributed by atoms with Crippen LogP contribution in [-0.2, 0) is 13.0 Å². The molecule has 1 aliphatic rings. The van der Waals surface area contributed by atoms with Gasteiger partial charge in [-0.15, -0.1) is 0 Å². The van der Waals surface area contributed by atoms with Crippen molar-refractivity contribution < 1.29 is 4.74 Å². The van der Waals surface area contributed by atoms with Gasteiger partial charge in [-0.2, -0.15) is 0 Å². The summed E-state index contributed by atoms with van der Waals surface area (Å²) < 4.78 is 5.45. The van der Waals surface area contributed by atoms with Gasteiger partial charge in [-0.3, -0.25) is 4.98 Å². The average Bonchev–Trinajstić information content (AvgIpc) is 2.46. The minimum atomic E-state index is 0.647. The number of nitrogens with zero attached hydrogens (tertiary/aromatic N) is 1. The monoisotopic (exact) mass is 282 g/mol. The zero-order chi connectivity index (χ0) is 14.8. The second kappa shape index (κ2) is 5.86. The molecule has 0 spiro atoms. The SMILES string of the molecule is COc1c(C)cnc(CNCC2Cc3ccccc32)c1C. The molecule has 1 N–H and O–H groups in total. The second-order valence-corrected chi connectivity index (χ2v) is 5.78. The zero-order valence-corrected chi connectivity index (χ0v) is 12.9. The van der Waals surface area contributed by atoms with Crippen LogP contribution in [0.2, 0.25) is 0 Å². The van der Waals surface area contributed by atoms with E-state index >= 15 is 0 Å². The molecule has 3 heteroatoms. The molecular weight excluding hydrogens is 260 g/mol. The molecule has 2 aromatic rings. The van der Waals surface area contributed by atoms with Crippen molar-refractivity contribution in [3.8, 4) is 5.75 Å². The number of pyridine rings is 1. The van der Waals surface area contributed by atoms with Crippen LogP contribution in [0, 0.1) is 13.8 Å². The summed E-state index contributed by atoms with van der Waals surface area (Å²) in [5.74, 6) is 1.60. The Morgan fingerprint density at radius 2 is 2.10 bits per heavy atom. The van der Waals surface area contributed by atoms with Gasteiger partial charge in [-0.25, -0.2) is 0 Å². The summed E-state index contributed by atoms with van der Waals surface area (Å²) in [6.45, 7) is 5.91. The lowest BCUT2D eigenvalue weighted by Gasteiger charge is -2.30. The molecule has 1 aliphatic carbocycles. The van der Waals surface area contributed by atoms with Crippen molar-refractivity contribution in [3.63, 3.8) is 0 Å². The van der Waals surface area contributed by atoms with Gasteiger partial charge in [-0.1, -0.05) is 24.3 Å². The van der Waals surface area contributed by atoms with Crippen molar-refractivity contribution >= 4 is 0 Å². The lowest BCUT2D eigenvalue weighted by Crippen LogP contribution is -2.29. The molecular formula is C18H22N2O. The minimum absolute atomic E-state index is 0.647. The molecule has 0 fully saturated rings. The predicted octanol–water partition coefficient (Wildman–Crippen LogP) is 3.14. The molecule has 110 valence electrons. The van der Waals surface area contributed by atoms with E-state index < -0.39 is 0 Å². The van der Waals surface area contributed by atoms with E-state index in [1.807, 2.05) is 13.1 Å². The quantitative estimate of drug-likeness (QED) is 0.915. The number of rotatable bonds is 5. The molecule has 1 heterocycles. The maximum Gasteiger partial charge on any atom is 0.128 e. The maximum atomic E-state index is 5.45. The number of hydrogen-bond donors (Lipinski definition) is 1. The molecule has 0 aliphatic heterocycles. The Labute approximate surface area is 126 Å². The minimum Gasteiger partial charge on any atom is -0.496 e. The van der Waals surface area contributed by atoms with Crippen LogP contribution >= 0.6 is 0 Å². The number of aromatic nitrogens is 1. The third-order valence-corrected chi connectivity index (χ3v) is 4.39. The normalized spacial score (nSPS) is 16.2. The summed E-state index contributed by atoms with van der Waals surface area (Å²) >= 11 is 0. The van der Waals surface area contributed by atoms with Crippen molar-refractivity contribution in [2.24, 2.45) is 0 Å². The van der Waals surface area contributed by atoms with Gasteiger partial charge >= 0.3 is 0 Å². The Balaban J connectivity index is 1.60. The third-order valence-electron chi connectivity index (χ3n) is 4.39. The molecule has 0 bridgehead atoms. The summed E-state index contributed by atoms with van der Waals surface area (Å²) in [4.78, 5) is 4.53. The van der Waals surface area contributed by atoms with Crippen LogP contribution in [0.15, 0.2) is 30.5 Å². The van der Waals surface area contributed by atoms with Crippen molar-refractivity contribution in [3.05, 3.63) is 58.4 Å². The van der Waals surface area contributed by atoms with Crippen molar-refractivity contribution in [2.45, 2.75) is 32.7 Å². The molecule has 0 saturated carbocycles. The van der Waals surface area contributed by atoms with Crippen molar-refractivity contribution in [1.82, 2.24) is 10.3 Å². The van der Waals surface area contributed by atoms with E-state index in [2.05, 4.69) is 41.5 Å². The molecule has 3 nitrogen and oxygen atoms in total. The van der Waals surface area contributed by atoms with E-state index in [0.29, 0.717) is 5.92 Å². The molecule has 0 amide bonds. The number of nitrogens with one attached hydrogen (secondary N) is 1. The predicted molar refractivity (Wildman–Crippen MR) is 84.9 cm³/mol. The summed E-state index contributed by atoms with van der Waals surface area (Å²) in [5.41, 5.74) is 6.29. The van der Waals surface area contributed by atoms with Gasteiger partial charge in [0.15, 0.2) is 0 Å². The van der Waals surface area contributed by atoms with Gasteiger partial charge in [0.1, 0.15) is 5.75 Å². The Bertz CT molecular complexity index is 652. The smallest absolute Gasteiger partial charge is 0.128 e. The largest absolute Gasteiger partial charge is 0.496 e. The molecule has 21 heavy (non-hydrogen) atoms. The van der Waals surface area contributed by atoms with Gasteiger partial charge in [0.25, 0.3) is 0 Å². The number of benzene rings is 1. The standard InChI is InChI=1S/C18H22N2O/c1-12-9-20-17(13(2)18(12)21-3)11-19-10-15-8-14-6-4-5-7-16(14)15/h4-7,9,15,19H,8,10-11H2,1-3H3. The Kier molecular flexibility index (Phi) is 3.93. The molecule has 1 aromatic heterocycles. The van der Waals surface area contributed by atoms with E-state index in [0.717, 1.165) is 35.7 Å². The number of fused-ring (bicyclic) bond motifs is 1. The first-order valence-electron chi connectivity index (χ1n) is 7.48. The van der Waals surface area contributed by atoms with Crippen LogP contribution in [0.1, 0.15) is 33.9 Å². The first kappa shape index (κ1) is 14.1. The van der Waals surface area contributed by atoms with Gasteiger partial charge in [-0.05, 0) is 31.4 Å². The van der Waals surface area contributed by atoms with E-state index in [-0.39, 0.29) is 0 Å². The highest BCUT2D eigenvalue weighted by Crippen LogP contribution is 2.34. The summed E-state index contributed by atoms with van der Waals surface area (Å²) in [6, 6.07) is 8.71. The van der Waals surface area contributed by atoms with E-state index in [1.165, 1.54) is 17.5 Å². The fourth-order valence-corrected chi connectivity index (χ4v) is 3.16. The topological polar surface area (TPSA) is 34.1 Å². The fourth-order valence-electron chi connectivity index (χ4n) is 3.16. The highest BCUT2D eigenvalue weighted by molar-refractivity contribution is 5.41. The Morgan fingerprint density at radius 1 is 1.29 bits per heavy atom.